The molecule has 3 aromatic rings. The zero-order valence-electron chi connectivity index (χ0n) is 15.5. The number of ether oxygens (including phenoxy) is 1. The van der Waals surface area contributed by atoms with Crippen LogP contribution in [0.15, 0.2) is 66.7 Å². The van der Waals surface area contributed by atoms with Crippen molar-refractivity contribution in [3.63, 3.8) is 0 Å². The quantitative estimate of drug-likeness (QED) is 0.658. The molecule has 0 radical (unpaired) electrons. The van der Waals surface area contributed by atoms with Crippen LogP contribution in [0.1, 0.15) is 11.6 Å². The number of halogens is 1. The van der Waals surface area contributed by atoms with Gasteiger partial charge in [-0.15, -0.1) is 0 Å². The molecule has 0 aliphatic rings. The van der Waals surface area contributed by atoms with E-state index in [9.17, 15) is 4.79 Å². The molecule has 27 heavy (non-hydrogen) atoms. The van der Waals surface area contributed by atoms with Gasteiger partial charge in [0.15, 0.2) is 6.61 Å². The van der Waals surface area contributed by atoms with E-state index in [0.29, 0.717) is 17.3 Å². The second-order valence-corrected chi connectivity index (χ2v) is 7.13. The maximum Gasteiger partial charge on any atom is 0.258 e. The monoisotopic (exact) mass is 383 g/mol. The van der Waals surface area contributed by atoms with Crippen LogP contribution in [0.4, 0.5) is 0 Å². The Morgan fingerprint density at radius 3 is 2.52 bits per heavy atom. The molecule has 5 heteroatoms. The number of quaternary nitrogens is 1. The molecular formula is C22H24ClN2O2+. The summed E-state index contributed by atoms with van der Waals surface area (Å²) >= 11 is 6.32. The van der Waals surface area contributed by atoms with Crippen LogP contribution in [-0.4, -0.2) is 33.2 Å². The predicted molar refractivity (Wildman–Crippen MR) is 109 cm³/mol. The number of hydrogen-bond donors (Lipinski definition) is 2. The van der Waals surface area contributed by atoms with E-state index < -0.39 is 0 Å². The van der Waals surface area contributed by atoms with Gasteiger partial charge in [0.05, 0.1) is 20.6 Å². The molecular weight excluding hydrogens is 360 g/mol. The number of likely N-dealkylation sites (N-methyl/N-ethyl adjacent to an activating group) is 1. The smallest absolute Gasteiger partial charge is 0.258 e. The number of nitrogens with one attached hydrogen (secondary N) is 2. The first-order valence-electron chi connectivity index (χ1n) is 8.98. The maximum absolute atomic E-state index is 12.3. The molecule has 0 aromatic heterocycles. The minimum absolute atomic E-state index is 0.0218. The largest absolute Gasteiger partial charge is 0.483 e. The summed E-state index contributed by atoms with van der Waals surface area (Å²) in [4.78, 5) is 13.5. The van der Waals surface area contributed by atoms with E-state index in [2.05, 4.69) is 5.32 Å². The molecule has 0 aliphatic carbocycles. The van der Waals surface area contributed by atoms with Crippen LogP contribution in [0.5, 0.6) is 5.75 Å². The summed E-state index contributed by atoms with van der Waals surface area (Å²) in [5.41, 5.74) is 1.02. The minimum Gasteiger partial charge on any atom is -0.483 e. The Morgan fingerprint density at radius 1 is 1.04 bits per heavy atom. The van der Waals surface area contributed by atoms with Gasteiger partial charge in [0.25, 0.3) is 5.91 Å². The van der Waals surface area contributed by atoms with Crippen LogP contribution in [0.3, 0.4) is 0 Å². The number of hydrogen-bond acceptors (Lipinski definition) is 2. The van der Waals surface area contributed by atoms with Gasteiger partial charge in [-0.3, -0.25) is 4.79 Å². The lowest BCUT2D eigenvalue weighted by atomic mass is 10.1. The Labute approximate surface area is 164 Å². The highest BCUT2D eigenvalue weighted by atomic mass is 35.5. The van der Waals surface area contributed by atoms with E-state index in [0.717, 1.165) is 16.3 Å². The molecule has 0 saturated heterocycles. The predicted octanol–water partition coefficient (Wildman–Crippen LogP) is 2.87. The molecule has 3 rings (SSSR count). The van der Waals surface area contributed by atoms with Crippen molar-refractivity contribution in [3.05, 3.63) is 77.3 Å². The Hall–Kier alpha value is -2.56. The molecule has 1 amide bonds. The molecule has 0 fully saturated rings. The van der Waals surface area contributed by atoms with E-state index in [1.807, 2.05) is 80.8 Å². The first-order valence-corrected chi connectivity index (χ1v) is 9.36. The van der Waals surface area contributed by atoms with Crippen LogP contribution in [0.2, 0.25) is 5.02 Å². The summed E-state index contributed by atoms with van der Waals surface area (Å²) in [5, 5.41) is 5.77. The van der Waals surface area contributed by atoms with Crippen LogP contribution in [-0.2, 0) is 4.79 Å². The summed E-state index contributed by atoms with van der Waals surface area (Å²) in [6.07, 6.45) is 0. The van der Waals surface area contributed by atoms with Crippen LogP contribution in [0, 0.1) is 0 Å². The summed E-state index contributed by atoms with van der Waals surface area (Å²) in [6.45, 7) is 0.468. The highest BCUT2D eigenvalue weighted by Gasteiger charge is 2.21. The fraction of sp³-hybridized carbons (Fsp3) is 0.227. The summed E-state index contributed by atoms with van der Waals surface area (Å²) in [7, 11) is 4.10. The second kappa shape index (κ2) is 8.89. The van der Waals surface area contributed by atoms with Crippen LogP contribution in [0.25, 0.3) is 10.8 Å². The van der Waals surface area contributed by atoms with Crippen molar-refractivity contribution < 1.29 is 14.4 Å². The van der Waals surface area contributed by atoms with E-state index in [1.54, 1.807) is 0 Å². The molecule has 0 heterocycles. The Morgan fingerprint density at radius 2 is 1.74 bits per heavy atom. The van der Waals surface area contributed by atoms with Gasteiger partial charge in [0, 0.05) is 16.0 Å². The van der Waals surface area contributed by atoms with E-state index >= 15 is 0 Å². The molecule has 1 atom stereocenters. The zero-order chi connectivity index (χ0) is 19.2. The third-order valence-corrected chi connectivity index (χ3v) is 4.93. The van der Waals surface area contributed by atoms with Gasteiger partial charge in [0.1, 0.15) is 11.8 Å². The summed E-state index contributed by atoms with van der Waals surface area (Å²) in [6, 6.07) is 21.6. The highest BCUT2D eigenvalue weighted by molar-refractivity contribution is 6.31. The van der Waals surface area contributed by atoms with Crippen molar-refractivity contribution in [1.29, 1.82) is 0 Å². The number of carbonyl (C=O) groups excluding carboxylic acids is 1. The first-order chi connectivity index (χ1) is 13.1. The fourth-order valence-electron chi connectivity index (χ4n) is 3.11. The molecule has 2 N–H and O–H groups in total. The summed E-state index contributed by atoms with van der Waals surface area (Å²) < 4.78 is 5.76. The molecule has 0 bridgehead atoms. The van der Waals surface area contributed by atoms with Crippen LogP contribution < -0.4 is 15.0 Å². The van der Waals surface area contributed by atoms with Crippen molar-refractivity contribution >= 4 is 28.3 Å². The number of fused-ring (bicyclic) bond motifs is 1. The normalized spacial score (nSPS) is 12.1. The molecule has 140 valence electrons. The first kappa shape index (κ1) is 19.2. The van der Waals surface area contributed by atoms with Crippen molar-refractivity contribution in [2.24, 2.45) is 0 Å². The van der Waals surface area contributed by atoms with Crippen LogP contribution >= 0.6 is 11.6 Å². The van der Waals surface area contributed by atoms with Gasteiger partial charge in [-0.2, -0.15) is 0 Å². The lowest BCUT2D eigenvalue weighted by molar-refractivity contribution is -0.890. The van der Waals surface area contributed by atoms with E-state index in [1.165, 1.54) is 4.90 Å². The zero-order valence-corrected chi connectivity index (χ0v) is 16.3. The van der Waals surface area contributed by atoms with Crippen molar-refractivity contribution in [2.45, 2.75) is 6.04 Å². The van der Waals surface area contributed by atoms with Gasteiger partial charge in [-0.25, -0.2) is 0 Å². The van der Waals surface area contributed by atoms with Gasteiger partial charge < -0.3 is 15.0 Å². The molecule has 3 aromatic carbocycles. The van der Waals surface area contributed by atoms with Gasteiger partial charge in [0.2, 0.25) is 0 Å². The highest BCUT2D eigenvalue weighted by Crippen LogP contribution is 2.25. The lowest BCUT2D eigenvalue weighted by Gasteiger charge is -2.23. The van der Waals surface area contributed by atoms with Crippen molar-refractivity contribution in [3.8, 4) is 5.75 Å². The van der Waals surface area contributed by atoms with Gasteiger partial charge in [-0.05, 0) is 17.5 Å². The maximum atomic E-state index is 12.3. The van der Waals surface area contributed by atoms with Crippen molar-refractivity contribution in [2.75, 3.05) is 27.2 Å². The third-order valence-electron chi connectivity index (χ3n) is 4.59. The second-order valence-electron chi connectivity index (χ2n) is 6.72. The minimum atomic E-state index is -0.152. The molecule has 0 unspecified atom stereocenters. The summed E-state index contributed by atoms with van der Waals surface area (Å²) in [5.74, 6) is 0.561. The average molecular weight is 384 g/mol. The SMILES string of the molecule is C[NH+](C)[C@@H](CNC(=O)COc1cccc2ccccc12)c1ccccc1Cl. The Bertz CT molecular complexity index is 922. The van der Waals surface area contributed by atoms with Gasteiger partial charge >= 0.3 is 0 Å². The third kappa shape index (κ3) is 4.79. The van der Waals surface area contributed by atoms with E-state index in [-0.39, 0.29) is 18.6 Å². The molecule has 0 aliphatic heterocycles. The molecule has 4 nitrogen and oxygen atoms in total. The number of carbonyl (C=O) groups is 1. The van der Waals surface area contributed by atoms with E-state index in [4.69, 9.17) is 16.3 Å². The average Bonchev–Trinajstić information content (AvgIpc) is 2.67. The molecule has 0 saturated carbocycles. The fourth-order valence-corrected chi connectivity index (χ4v) is 3.38. The van der Waals surface area contributed by atoms with Gasteiger partial charge in [-0.1, -0.05) is 66.2 Å². The standard InChI is InChI=1S/C22H23ClN2O2/c1-25(2)20(18-11-5-6-12-19(18)23)14-24-22(26)15-27-21-13-7-9-16-8-3-4-10-17(16)21/h3-13,20H,14-15H2,1-2H3,(H,24,26)/p+1/t20-/m0/s1. The molecule has 0 spiro atoms. The topological polar surface area (TPSA) is 42.8 Å². The number of benzene rings is 3. The Kier molecular flexibility index (Phi) is 6.32. The lowest BCUT2D eigenvalue weighted by Crippen LogP contribution is -3.07. The van der Waals surface area contributed by atoms with Crippen molar-refractivity contribution in [1.82, 2.24) is 5.32 Å². The Balaban J connectivity index is 1.61. The number of amides is 1. The number of rotatable bonds is 7.